The third kappa shape index (κ3) is 6.07. The van der Waals surface area contributed by atoms with Gasteiger partial charge < -0.3 is 10.1 Å². The quantitative estimate of drug-likeness (QED) is 0.223. The molecule has 1 aliphatic rings. The fraction of sp³-hybridized carbons (Fsp3) is 0.147. The number of hydrogen-bond acceptors (Lipinski definition) is 5. The Balaban J connectivity index is 1.50. The van der Waals surface area contributed by atoms with E-state index in [1.54, 1.807) is 42.1 Å². The topological polar surface area (TPSA) is 76.5 Å². The van der Waals surface area contributed by atoms with Crippen LogP contribution in [0.25, 0.3) is 16.9 Å². The largest absolute Gasteiger partial charge is 0.497 e. The lowest BCUT2D eigenvalue weighted by Gasteiger charge is -2.23. The van der Waals surface area contributed by atoms with Crippen molar-refractivity contribution >= 4 is 29.4 Å². The van der Waals surface area contributed by atoms with Crippen molar-refractivity contribution in [1.29, 1.82) is 0 Å². The summed E-state index contributed by atoms with van der Waals surface area (Å²) in [6.07, 6.45) is 0. The van der Waals surface area contributed by atoms with Gasteiger partial charge in [0.25, 0.3) is 0 Å². The summed E-state index contributed by atoms with van der Waals surface area (Å²) in [6, 6.07) is 29.0. The van der Waals surface area contributed by atoms with Crippen molar-refractivity contribution < 1.29 is 23.1 Å². The van der Waals surface area contributed by atoms with Crippen LogP contribution in [-0.4, -0.2) is 41.0 Å². The van der Waals surface area contributed by atoms with Crippen molar-refractivity contribution in [2.75, 3.05) is 24.3 Å². The number of carbonyl (C=O) groups excluding carboxylic acids is 2. The number of anilines is 1. The number of rotatable bonds is 8. The Kier molecular flexibility index (Phi) is 8.42. The van der Waals surface area contributed by atoms with E-state index in [1.165, 1.54) is 40.9 Å². The van der Waals surface area contributed by atoms with Crippen LogP contribution in [0, 0.1) is 11.6 Å². The zero-order valence-corrected chi connectivity index (χ0v) is 24.6. The number of aromatic nitrogens is 2. The first-order chi connectivity index (χ1) is 21.4. The van der Waals surface area contributed by atoms with Crippen molar-refractivity contribution in [2.24, 2.45) is 0 Å². The fourth-order valence-corrected chi connectivity index (χ4v) is 6.35. The van der Waals surface area contributed by atoms with E-state index in [1.807, 2.05) is 48.5 Å². The van der Waals surface area contributed by atoms with Crippen molar-refractivity contribution in [3.05, 3.63) is 131 Å². The van der Waals surface area contributed by atoms with E-state index in [0.717, 1.165) is 11.1 Å². The summed E-state index contributed by atoms with van der Waals surface area (Å²) < 4.78 is 34.9. The summed E-state index contributed by atoms with van der Waals surface area (Å²) in [4.78, 5) is 28.6. The van der Waals surface area contributed by atoms with Crippen LogP contribution in [0.3, 0.4) is 0 Å². The van der Waals surface area contributed by atoms with Crippen molar-refractivity contribution in [3.63, 3.8) is 0 Å². The van der Waals surface area contributed by atoms with Gasteiger partial charge in [0.15, 0.2) is 0 Å². The van der Waals surface area contributed by atoms with Gasteiger partial charge >= 0.3 is 0 Å². The van der Waals surface area contributed by atoms with Gasteiger partial charge in [0.1, 0.15) is 29.7 Å². The van der Waals surface area contributed by atoms with Crippen LogP contribution in [0.5, 0.6) is 5.75 Å². The van der Waals surface area contributed by atoms with Crippen LogP contribution >= 0.6 is 11.8 Å². The highest BCUT2D eigenvalue weighted by molar-refractivity contribution is 8.00. The van der Waals surface area contributed by atoms with Crippen molar-refractivity contribution in [2.45, 2.75) is 11.8 Å². The normalized spacial score (nSPS) is 14.6. The predicted octanol–water partition coefficient (Wildman–Crippen LogP) is 6.31. The Hall–Kier alpha value is -4.96. The minimum atomic E-state index is -0.459. The number of nitrogens with one attached hydrogen (secondary N) is 1. The molecule has 4 aromatic carbocycles. The summed E-state index contributed by atoms with van der Waals surface area (Å²) in [5.74, 6) is -0.312. The van der Waals surface area contributed by atoms with Gasteiger partial charge in [-0.1, -0.05) is 54.6 Å². The molecule has 0 fully saturated rings. The van der Waals surface area contributed by atoms with Gasteiger partial charge in [-0.25, -0.2) is 13.5 Å². The minimum Gasteiger partial charge on any atom is -0.497 e. The zero-order chi connectivity index (χ0) is 30.6. The van der Waals surface area contributed by atoms with E-state index in [9.17, 15) is 18.4 Å². The van der Waals surface area contributed by atoms with Crippen LogP contribution in [-0.2, 0) is 16.1 Å². The second-order valence-corrected chi connectivity index (χ2v) is 11.3. The van der Waals surface area contributed by atoms with Gasteiger partial charge in [0, 0.05) is 17.7 Å². The van der Waals surface area contributed by atoms with Gasteiger partial charge in [-0.3, -0.25) is 14.5 Å². The number of nitrogens with zero attached hydrogens (tertiary/aromatic N) is 3. The highest BCUT2D eigenvalue weighted by Gasteiger charge is 2.37. The average Bonchev–Trinajstić information content (AvgIpc) is 3.37. The Labute approximate surface area is 257 Å². The molecular formula is C34H28F2N4O3S. The van der Waals surface area contributed by atoms with E-state index in [2.05, 4.69) is 5.32 Å². The average molecular weight is 611 g/mol. The molecule has 2 heterocycles. The van der Waals surface area contributed by atoms with Gasteiger partial charge in [-0.2, -0.15) is 5.10 Å². The number of hydrogen-bond donors (Lipinski definition) is 1. The molecule has 0 aliphatic carbocycles. The molecule has 6 rings (SSSR count). The molecule has 1 aromatic heterocycles. The molecule has 5 aromatic rings. The number of benzene rings is 4. The lowest BCUT2D eigenvalue weighted by atomic mass is 9.99. The van der Waals surface area contributed by atoms with E-state index < -0.39 is 11.2 Å². The van der Waals surface area contributed by atoms with Crippen molar-refractivity contribution in [1.82, 2.24) is 15.1 Å². The molecule has 1 aliphatic heterocycles. The molecule has 2 amide bonds. The van der Waals surface area contributed by atoms with Crippen LogP contribution in [0.4, 0.5) is 14.6 Å². The summed E-state index contributed by atoms with van der Waals surface area (Å²) >= 11 is 1.36. The highest BCUT2D eigenvalue weighted by atomic mass is 32.2. The number of thioether (sulfide) groups is 1. The number of carbonyl (C=O) groups is 2. The molecule has 1 unspecified atom stereocenters. The first-order valence-corrected chi connectivity index (χ1v) is 15.0. The Morgan fingerprint density at radius 1 is 0.955 bits per heavy atom. The van der Waals surface area contributed by atoms with E-state index in [-0.39, 0.29) is 36.4 Å². The summed E-state index contributed by atoms with van der Waals surface area (Å²) in [7, 11) is 1.58. The standard InChI is InChI=1S/C34H28F2N4O3S/c1-43-28-16-14-27(15-17-28)40-34-31(32(38-40)23-6-3-2-4-7-23)33(24-8-5-9-26(36)18-24)44-21-30(42)39(34)20-29(41)37-19-22-10-12-25(35)13-11-22/h2-18,33H,19-21H2,1H3,(H,37,41). The maximum absolute atomic E-state index is 14.5. The van der Waals surface area contributed by atoms with Crippen LogP contribution in [0.1, 0.15) is 21.9 Å². The second kappa shape index (κ2) is 12.7. The Morgan fingerprint density at radius 3 is 2.41 bits per heavy atom. The number of ether oxygens (including phenoxy) is 1. The molecular weight excluding hydrogens is 582 g/mol. The van der Waals surface area contributed by atoms with Gasteiger partial charge in [-0.15, -0.1) is 11.8 Å². The van der Waals surface area contributed by atoms with E-state index >= 15 is 0 Å². The summed E-state index contributed by atoms with van der Waals surface area (Å²) in [6.45, 7) is -0.110. The minimum absolute atomic E-state index is 0.0535. The molecule has 0 saturated carbocycles. The maximum Gasteiger partial charge on any atom is 0.240 e. The van der Waals surface area contributed by atoms with Crippen molar-refractivity contribution in [3.8, 4) is 22.7 Å². The van der Waals surface area contributed by atoms with Gasteiger partial charge in [0.2, 0.25) is 11.8 Å². The maximum atomic E-state index is 14.5. The van der Waals surface area contributed by atoms with Crippen LogP contribution in [0.2, 0.25) is 0 Å². The number of fused-ring (bicyclic) bond motifs is 1. The lowest BCUT2D eigenvalue weighted by molar-refractivity contribution is -0.123. The van der Waals surface area contributed by atoms with Crippen LogP contribution < -0.4 is 15.0 Å². The molecule has 10 heteroatoms. The third-order valence-corrected chi connectivity index (χ3v) is 8.56. The predicted molar refractivity (Wildman–Crippen MR) is 167 cm³/mol. The highest BCUT2D eigenvalue weighted by Crippen LogP contribution is 2.48. The van der Waals surface area contributed by atoms with E-state index in [4.69, 9.17) is 9.84 Å². The molecule has 44 heavy (non-hydrogen) atoms. The zero-order valence-electron chi connectivity index (χ0n) is 23.7. The molecule has 1 atom stereocenters. The molecule has 0 spiro atoms. The van der Waals surface area contributed by atoms with Gasteiger partial charge in [-0.05, 0) is 59.7 Å². The van der Waals surface area contributed by atoms with Crippen LogP contribution in [0.15, 0.2) is 103 Å². The SMILES string of the molecule is COc1ccc(-n2nc(-c3ccccc3)c3c2N(CC(=O)NCc2ccc(F)cc2)C(=O)CSC3c2cccc(F)c2)cc1. The Morgan fingerprint density at radius 2 is 1.70 bits per heavy atom. The fourth-order valence-electron chi connectivity index (χ4n) is 5.17. The summed E-state index contributed by atoms with van der Waals surface area (Å²) in [5.41, 5.74) is 4.17. The lowest BCUT2D eigenvalue weighted by Crippen LogP contribution is -2.42. The second-order valence-electron chi connectivity index (χ2n) is 10.2. The summed E-state index contributed by atoms with van der Waals surface area (Å²) in [5, 5.41) is 7.41. The monoisotopic (exact) mass is 610 g/mol. The number of methoxy groups -OCH3 is 1. The molecule has 222 valence electrons. The molecule has 1 N–H and O–H groups in total. The molecule has 0 radical (unpaired) electrons. The molecule has 0 saturated heterocycles. The number of amides is 2. The third-order valence-electron chi connectivity index (χ3n) is 7.31. The Bertz CT molecular complexity index is 1790. The first-order valence-electron chi connectivity index (χ1n) is 13.9. The number of halogens is 2. The molecule has 0 bridgehead atoms. The smallest absolute Gasteiger partial charge is 0.240 e. The molecule has 7 nitrogen and oxygen atoms in total. The first kappa shape index (κ1) is 29.1. The van der Waals surface area contributed by atoms with Gasteiger partial charge in [0.05, 0.1) is 29.5 Å². The van der Waals surface area contributed by atoms with E-state index in [0.29, 0.717) is 34.1 Å².